The summed E-state index contributed by atoms with van der Waals surface area (Å²) in [5, 5.41) is 10.4. The van der Waals surface area contributed by atoms with E-state index in [4.69, 9.17) is 5.11 Å². The van der Waals surface area contributed by atoms with Gasteiger partial charge in [-0.3, -0.25) is 4.98 Å². The van der Waals surface area contributed by atoms with Crippen LogP contribution < -0.4 is 4.72 Å². The van der Waals surface area contributed by atoms with Gasteiger partial charge in [0.25, 0.3) is 0 Å². The summed E-state index contributed by atoms with van der Waals surface area (Å²) in [6, 6.07) is 4.22. The number of nitrogens with zero attached hydrogens (tertiary/aromatic N) is 1. The molecular weight excluding hydrogens is 300 g/mol. The summed E-state index contributed by atoms with van der Waals surface area (Å²) in [4.78, 5) is 14.5. The largest absolute Gasteiger partial charge is 0.477 e. The summed E-state index contributed by atoms with van der Waals surface area (Å²) in [6.45, 7) is 1.67. The van der Waals surface area contributed by atoms with Crippen molar-refractivity contribution in [1.82, 2.24) is 9.71 Å². The molecule has 0 aliphatic rings. The van der Waals surface area contributed by atoms with Crippen LogP contribution in [-0.2, 0) is 10.0 Å². The van der Waals surface area contributed by atoms with Crippen LogP contribution >= 0.6 is 11.3 Å². The number of aromatic nitrogens is 1. The summed E-state index contributed by atoms with van der Waals surface area (Å²) < 4.78 is 26.9. The van der Waals surface area contributed by atoms with Crippen LogP contribution in [0.15, 0.2) is 40.9 Å². The van der Waals surface area contributed by atoms with Crippen LogP contribution in [0.4, 0.5) is 0 Å². The maximum atomic E-state index is 12.2. The zero-order chi connectivity index (χ0) is 14.8. The number of aromatic carboxylic acids is 1. The number of hydrogen-bond acceptors (Lipinski definition) is 5. The number of rotatable bonds is 5. The molecule has 2 aromatic rings. The highest BCUT2D eigenvalue weighted by Crippen LogP contribution is 2.23. The molecule has 0 fully saturated rings. The molecule has 0 unspecified atom stereocenters. The van der Waals surface area contributed by atoms with Crippen molar-refractivity contribution in [2.24, 2.45) is 0 Å². The van der Waals surface area contributed by atoms with E-state index in [1.165, 1.54) is 11.4 Å². The van der Waals surface area contributed by atoms with Crippen molar-refractivity contribution in [2.45, 2.75) is 17.9 Å². The second-order valence-corrected chi connectivity index (χ2v) is 6.65. The van der Waals surface area contributed by atoms with E-state index < -0.39 is 22.0 Å². The highest BCUT2D eigenvalue weighted by atomic mass is 32.2. The molecule has 8 heteroatoms. The number of carboxylic acids is 1. The van der Waals surface area contributed by atoms with Crippen molar-refractivity contribution >= 4 is 27.3 Å². The molecule has 2 rings (SSSR count). The van der Waals surface area contributed by atoms with Gasteiger partial charge in [-0.2, -0.15) is 0 Å². The summed E-state index contributed by atoms with van der Waals surface area (Å²) >= 11 is 0.876. The van der Waals surface area contributed by atoms with E-state index >= 15 is 0 Å². The van der Waals surface area contributed by atoms with Crippen molar-refractivity contribution in [2.75, 3.05) is 0 Å². The van der Waals surface area contributed by atoms with Crippen molar-refractivity contribution in [3.63, 3.8) is 0 Å². The maximum Gasteiger partial charge on any atom is 0.347 e. The van der Waals surface area contributed by atoms with E-state index in [9.17, 15) is 13.2 Å². The predicted molar refractivity (Wildman–Crippen MR) is 74.3 cm³/mol. The predicted octanol–water partition coefficient (Wildman–Crippen LogP) is 1.88. The Bertz CT molecular complexity index is 710. The number of carboxylic acid groups (broad SMARTS) is 1. The monoisotopic (exact) mass is 312 g/mol. The first kappa shape index (κ1) is 14.6. The third kappa shape index (κ3) is 3.03. The normalized spacial score (nSPS) is 13.1. The van der Waals surface area contributed by atoms with E-state index in [0.717, 1.165) is 11.3 Å². The Labute approximate surface area is 120 Å². The molecule has 6 nitrogen and oxygen atoms in total. The molecule has 2 N–H and O–H groups in total. The van der Waals surface area contributed by atoms with Gasteiger partial charge in [-0.25, -0.2) is 17.9 Å². The molecule has 1 atom stereocenters. The molecule has 0 aliphatic carbocycles. The Hall–Kier alpha value is -1.77. The van der Waals surface area contributed by atoms with Crippen molar-refractivity contribution in [3.8, 4) is 0 Å². The molecule has 0 saturated heterocycles. The fraction of sp³-hybridized carbons (Fsp3) is 0.167. The van der Waals surface area contributed by atoms with Crippen LogP contribution in [0, 0.1) is 0 Å². The van der Waals surface area contributed by atoms with E-state index in [2.05, 4.69) is 9.71 Å². The van der Waals surface area contributed by atoms with Gasteiger partial charge in [0, 0.05) is 18.4 Å². The van der Waals surface area contributed by atoms with Gasteiger partial charge in [0.1, 0.15) is 9.77 Å². The number of thiophene rings is 1. The van der Waals surface area contributed by atoms with Crippen LogP contribution in [0.2, 0.25) is 0 Å². The molecule has 0 radical (unpaired) electrons. The lowest BCUT2D eigenvalue weighted by Crippen LogP contribution is -2.27. The van der Waals surface area contributed by atoms with Crippen LogP contribution in [-0.4, -0.2) is 24.5 Å². The van der Waals surface area contributed by atoms with Crippen LogP contribution in [0.3, 0.4) is 0 Å². The molecule has 0 aromatic carbocycles. The third-order valence-corrected chi connectivity index (χ3v) is 5.24. The second-order valence-electron chi connectivity index (χ2n) is 4.05. The Morgan fingerprint density at radius 1 is 1.45 bits per heavy atom. The highest BCUT2D eigenvalue weighted by molar-refractivity contribution is 7.89. The van der Waals surface area contributed by atoms with E-state index in [1.807, 2.05) is 0 Å². The third-order valence-electron chi connectivity index (χ3n) is 2.63. The second kappa shape index (κ2) is 5.70. The summed E-state index contributed by atoms with van der Waals surface area (Å²) in [5.74, 6) is -1.26. The van der Waals surface area contributed by atoms with Crippen molar-refractivity contribution < 1.29 is 18.3 Å². The van der Waals surface area contributed by atoms with Crippen LogP contribution in [0.1, 0.15) is 28.2 Å². The van der Waals surface area contributed by atoms with Gasteiger partial charge in [0.15, 0.2) is 0 Å². The highest BCUT2D eigenvalue weighted by Gasteiger charge is 2.25. The molecule has 20 heavy (non-hydrogen) atoms. The molecule has 0 aliphatic heterocycles. The number of pyridine rings is 1. The number of carbonyl (C=O) groups is 1. The van der Waals surface area contributed by atoms with Gasteiger partial charge in [0.05, 0.1) is 0 Å². The van der Waals surface area contributed by atoms with Crippen LogP contribution in [0.25, 0.3) is 0 Å². The lowest BCUT2D eigenvalue weighted by Gasteiger charge is -2.13. The average molecular weight is 312 g/mol. The van der Waals surface area contributed by atoms with Crippen LogP contribution in [0.5, 0.6) is 0 Å². The first-order valence-electron chi connectivity index (χ1n) is 5.65. The molecular formula is C12H12N2O4S2. The minimum atomic E-state index is -3.89. The molecule has 0 bridgehead atoms. The van der Waals surface area contributed by atoms with E-state index in [-0.39, 0.29) is 9.77 Å². The summed E-state index contributed by atoms with van der Waals surface area (Å²) in [5.41, 5.74) is 0.697. The minimum absolute atomic E-state index is 0.198. The standard InChI is InChI=1S/C12H12N2O4S2/c1-8(9-3-2-5-13-7-9)14-20(17,18)10-4-6-19-11(10)12(15)16/h2-8,14H,1H3,(H,15,16)/t8-/m0/s1. The Kier molecular flexibility index (Phi) is 4.17. The zero-order valence-electron chi connectivity index (χ0n) is 10.5. The van der Waals surface area contributed by atoms with Gasteiger partial charge in [-0.15, -0.1) is 11.3 Å². The smallest absolute Gasteiger partial charge is 0.347 e. The van der Waals surface area contributed by atoms with Gasteiger partial charge in [-0.1, -0.05) is 6.07 Å². The SMILES string of the molecule is C[C@H](NS(=O)(=O)c1ccsc1C(=O)O)c1cccnc1. The maximum absolute atomic E-state index is 12.2. The fourth-order valence-corrected chi connectivity index (χ4v) is 4.15. The number of nitrogens with one attached hydrogen (secondary N) is 1. The van der Waals surface area contributed by atoms with Crippen molar-refractivity contribution in [3.05, 3.63) is 46.4 Å². The quantitative estimate of drug-likeness (QED) is 0.878. The Morgan fingerprint density at radius 3 is 2.80 bits per heavy atom. The van der Waals surface area contributed by atoms with E-state index in [1.54, 1.807) is 31.5 Å². The summed E-state index contributed by atoms with van der Waals surface area (Å²) in [7, 11) is -3.89. The first-order chi connectivity index (χ1) is 9.42. The molecule has 0 saturated carbocycles. The number of sulfonamides is 1. The Morgan fingerprint density at radius 2 is 2.20 bits per heavy atom. The number of hydrogen-bond donors (Lipinski definition) is 2. The lowest BCUT2D eigenvalue weighted by atomic mass is 10.2. The average Bonchev–Trinajstić information content (AvgIpc) is 2.89. The topological polar surface area (TPSA) is 96.4 Å². The summed E-state index contributed by atoms with van der Waals surface area (Å²) in [6.07, 6.45) is 3.14. The molecule has 0 amide bonds. The minimum Gasteiger partial charge on any atom is -0.477 e. The first-order valence-corrected chi connectivity index (χ1v) is 8.01. The van der Waals surface area contributed by atoms with E-state index in [0.29, 0.717) is 5.56 Å². The molecule has 2 heterocycles. The molecule has 2 aromatic heterocycles. The van der Waals surface area contributed by atoms with Gasteiger partial charge < -0.3 is 5.11 Å². The van der Waals surface area contributed by atoms with Gasteiger partial charge >= 0.3 is 5.97 Å². The lowest BCUT2D eigenvalue weighted by molar-refractivity contribution is 0.0698. The Balaban J connectivity index is 2.28. The molecule has 0 spiro atoms. The fourth-order valence-electron chi connectivity index (χ4n) is 1.66. The van der Waals surface area contributed by atoms with Crippen molar-refractivity contribution in [1.29, 1.82) is 0 Å². The van der Waals surface area contributed by atoms with Gasteiger partial charge in [-0.05, 0) is 30.0 Å². The van der Waals surface area contributed by atoms with Gasteiger partial charge in [0.2, 0.25) is 10.0 Å². The molecule has 106 valence electrons. The zero-order valence-corrected chi connectivity index (χ0v) is 12.1.